The second-order valence-electron chi connectivity index (χ2n) is 7.27. The molecule has 4 nitrogen and oxygen atoms in total. The van der Waals surface area contributed by atoms with Crippen LogP contribution in [0.3, 0.4) is 0 Å². The van der Waals surface area contributed by atoms with Crippen molar-refractivity contribution in [2.75, 3.05) is 13.2 Å². The van der Waals surface area contributed by atoms with Gasteiger partial charge in [0.25, 0.3) is 0 Å². The van der Waals surface area contributed by atoms with Crippen LogP contribution in [-0.2, 0) is 22.4 Å². The van der Waals surface area contributed by atoms with Crippen LogP contribution in [0.4, 0.5) is 0 Å². The second-order valence-corrected chi connectivity index (χ2v) is 7.27. The average Bonchev–Trinajstić information content (AvgIpc) is 3.20. The topological polar surface area (TPSA) is 55.4 Å². The molecule has 0 aromatic heterocycles. The maximum atomic E-state index is 12.6. The number of rotatable bonds is 7. The molecule has 0 radical (unpaired) electrons. The summed E-state index contributed by atoms with van der Waals surface area (Å²) in [6.07, 6.45) is 7.06. The Morgan fingerprint density at radius 1 is 1.25 bits per heavy atom. The summed E-state index contributed by atoms with van der Waals surface area (Å²) < 4.78 is 5.53. The van der Waals surface area contributed by atoms with E-state index < -0.39 is 5.41 Å². The first-order valence-electron chi connectivity index (χ1n) is 9.11. The number of ketones is 1. The van der Waals surface area contributed by atoms with Gasteiger partial charge in [-0.25, -0.2) is 0 Å². The smallest absolute Gasteiger partial charge is 0.226 e. The SMILES string of the molecule is CC(=O)CC1(C(=O)NCCCc2ccc3c(c2)CCO3)CCCC1. The molecular formula is C20H27NO3. The van der Waals surface area contributed by atoms with Crippen molar-refractivity contribution in [3.05, 3.63) is 29.3 Å². The van der Waals surface area contributed by atoms with Gasteiger partial charge >= 0.3 is 0 Å². The predicted octanol–water partition coefficient (Wildman–Crippen LogP) is 3.21. The summed E-state index contributed by atoms with van der Waals surface area (Å²) in [5, 5.41) is 3.08. The molecule has 1 amide bonds. The van der Waals surface area contributed by atoms with E-state index in [0.29, 0.717) is 13.0 Å². The molecule has 130 valence electrons. The molecule has 1 N–H and O–H groups in total. The van der Waals surface area contributed by atoms with Crippen molar-refractivity contribution in [1.82, 2.24) is 5.32 Å². The summed E-state index contributed by atoms with van der Waals surface area (Å²) in [7, 11) is 0. The van der Waals surface area contributed by atoms with Crippen molar-refractivity contribution < 1.29 is 14.3 Å². The number of carbonyl (C=O) groups excluding carboxylic acids is 2. The van der Waals surface area contributed by atoms with Gasteiger partial charge in [-0.05, 0) is 49.8 Å². The molecule has 1 aliphatic carbocycles. The highest BCUT2D eigenvalue weighted by Crippen LogP contribution is 2.41. The molecule has 0 spiro atoms. The van der Waals surface area contributed by atoms with Gasteiger partial charge in [0.1, 0.15) is 11.5 Å². The normalized spacial score (nSPS) is 18.0. The number of nitrogens with one attached hydrogen (secondary N) is 1. The molecular weight excluding hydrogens is 302 g/mol. The molecule has 1 aromatic rings. The van der Waals surface area contributed by atoms with Crippen LogP contribution in [0.5, 0.6) is 5.75 Å². The van der Waals surface area contributed by atoms with Crippen LogP contribution in [0.15, 0.2) is 18.2 Å². The number of amides is 1. The molecule has 1 heterocycles. The maximum Gasteiger partial charge on any atom is 0.226 e. The van der Waals surface area contributed by atoms with Gasteiger partial charge < -0.3 is 10.1 Å². The molecule has 0 atom stereocenters. The van der Waals surface area contributed by atoms with Crippen LogP contribution in [0.1, 0.15) is 56.6 Å². The van der Waals surface area contributed by atoms with E-state index in [2.05, 4.69) is 23.5 Å². The predicted molar refractivity (Wildman–Crippen MR) is 93.2 cm³/mol. The van der Waals surface area contributed by atoms with Gasteiger partial charge in [-0.3, -0.25) is 9.59 Å². The largest absolute Gasteiger partial charge is 0.493 e. The van der Waals surface area contributed by atoms with Gasteiger partial charge in [0.2, 0.25) is 5.91 Å². The number of benzene rings is 1. The summed E-state index contributed by atoms with van der Waals surface area (Å²) in [5.74, 6) is 1.21. The monoisotopic (exact) mass is 329 g/mol. The molecule has 1 aromatic carbocycles. The van der Waals surface area contributed by atoms with E-state index in [1.54, 1.807) is 6.92 Å². The van der Waals surface area contributed by atoms with Gasteiger partial charge in [0.15, 0.2) is 0 Å². The van der Waals surface area contributed by atoms with E-state index in [1.165, 1.54) is 11.1 Å². The summed E-state index contributed by atoms with van der Waals surface area (Å²) in [6, 6.07) is 6.38. The lowest BCUT2D eigenvalue weighted by Gasteiger charge is -2.26. The van der Waals surface area contributed by atoms with Gasteiger partial charge in [0, 0.05) is 19.4 Å². The first-order chi connectivity index (χ1) is 11.6. The van der Waals surface area contributed by atoms with E-state index in [9.17, 15) is 9.59 Å². The Morgan fingerprint density at radius 2 is 2.04 bits per heavy atom. The summed E-state index contributed by atoms with van der Waals surface area (Å²) in [6.45, 7) is 3.05. The van der Waals surface area contributed by atoms with Crippen molar-refractivity contribution in [3.8, 4) is 5.75 Å². The molecule has 0 bridgehead atoms. The minimum absolute atomic E-state index is 0.0811. The zero-order valence-electron chi connectivity index (χ0n) is 14.5. The van der Waals surface area contributed by atoms with E-state index in [4.69, 9.17) is 4.74 Å². The average molecular weight is 329 g/mol. The summed E-state index contributed by atoms with van der Waals surface area (Å²) in [4.78, 5) is 24.1. The lowest BCUT2D eigenvalue weighted by molar-refractivity contribution is -0.135. The van der Waals surface area contributed by atoms with Crippen LogP contribution in [-0.4, -0.2) is 24.8 Å². The van der Waals surface area contributed by atoms with Gasteiger partial charge in [0.05, 0.1) is 12.0 Å². The fraction of sp³-hybridized carbons (Fsp3) is 0.600. The van der Waals surface area contributed by atoms with Crippen molar-refractivity contribution in [2.24, 2.45) is 5.41 Å². The zero-order valence-corrected chi connectivity index (χ0v) is 14.5. The maximum absolute atomic E-state index is 12.6. The van der Waals surface area contributed by atoms with Gasteiger partial charge in [-0.2, -0.15) is 0 Å². The van der Waals surface area contributed by atoms with E-state index in [1.807, 2.05) is 0 Å². The summed E-state index contributed by atoms with van der Waals surface area (Å²) >= 11 is 0. The van der Waals surface area contributed by atoms with Gasteiger partial charge in [-0.15, -0.1) is 0 Å². The lowest BCUT2D eigenvalue weighted by Crippen LogP contribution is -2.40. The van der Waals surface area contributed by atoms with Crippen molar-refractivity contribution in [2.45, 2.75) is 58.3 Å². The number of ether oxygens (including phenoxy) is 1. The zero-order chi connectivity index (χ0) is 17.0. The summed E-state index contributed by atoms with van der Waals surface area (Å²) in [5.41, 5.74) is 2.16. The molecule has 3 rings (SSSR count). The van der Waals surface area contributed by atoms with E-state index >= 15 is 0 Å². The number of carbonyl (C=O) groups is 2. The van der Waals surface area contributed by atoms with Crippen LogP contribution < -0.4 is 10.1 Å². The Balaban J connectivity index is 1.47. The third-order valence-electron chi connectivity index (χ3n) is 5.31. The Kier molecular flexibility index (Phi) is 5.22. The second kappa shape index (κ2) is 7.37. The standard InChI is InChI=1S/C20H27NO3/c1-15(22)14-20(9-2-3-10-20)19(23)21-11-4-5-16-6-7-18-17(13-16)8-12-24-18/h6-7,13H,2-5,8-12,14H2,1H3,(H,21,23). The molecule has 0 unspecified atom stereocenters. The number of fused-ring (bicyclic) bond motifs is 1. The van der Waals surface area contributed by atoms with Crippen molar-refractivity contribution in [1.29, 1.82) is 0 Å². The molecule has 1 saturated carbocycles. The first kappa shape index (κ1) is 17.0. The van der Waals surface area contributed by atoms with Crippen molar-refractivity contribution in [3.63, 3.8) is 0 Å². The fourth-order valence-corrected chi connectivity index (χ4v) is 4.09. The highest BCUT2D eigenvalue weighted by atomic mass is 16.5. The quantitative estimate of drug-likeness (QED) is 0.782. The number of hydrogen-bond donors (Lipinski definition) is 1. The van der Waals surface area contributed by atoms with E-state index in [0.717, 1.165) is 57.3 Å². The highest BCUT2D eigenvalue weighted by Gasteiger charge is 2.41. The molecule has 24 heavy (non-hydrogen) atoms. The molecule has 0 saturated heterocycles. The van der Waals surface area contributed by atoms with Crippen LogP contribution in [0.25, 0.3) is 0 Å². The Morgan fingerprint density at radius 3 is 2.79 bits per heavy atom. The number of hydrogen-bond acceptors (Lipinski definition) is 3. The number of aryl methyl sites for hydroxylation is 1. The molecule has 2 aliphatic rings. The van der Waals surface area contributed by atoms with Crippen molar-refractivity contribution >= 4 is 11.7 Å². The molecule has 1 fully saturated rings. The third kappa shape index (κ3) is 3.80. The van der Waals surface area contributed by atoms with E-state index in [-0.39, 0.29) is 11.7 Å². The third-order valence-corrected chi connectivity index (χ3v) is 5.31. The fourth-order valence-electron chi connectivity index (χ4n) is 4.09. The lowest BCUT2D eigenvalue weighted by atomic mass is 9.80. The van der Waals surface area contributed by atoms with Crippen LogP contribution in [0.2, 0.25) is 0 Å². The van der Waals surface area contributed by atoms with Crippen LogP contribution in [0, 0.1) is 5.41 Å². The molecule has 1 aliphatic heterocycles. The minimum Gasteiger partial charge on any atom is -0.493 e. The Labute approximate surface area is 144 Å². The Bertz CT molecular complexity index is 617. The Hall–Kier alpha value is -1.84. The number of Topliss-reactive ketones (excluding diaryl/α,β-unsaturated/α-hetero) is 1. The molecule has 4 heteroatoms. The van der Waals surface area contributed by atoms with Crippen LogP contribution >= 0.6 is 0 Å². The minimum atomic E-state index is -0.434. The van der Waals surface area contributed by atoms with Gasteiger partial charge in [-0.1, -0.05) is 25.0 Å². The first-order valence-corrected chi connectivity index (χ1v) is 9.11. The highest BCUT2D eigenvalue weighted by molar-refractivity contribution is 5.89.